The zero-order valence-corrected chi connectivity index (χ0v) is 24.0. The van der Waals surface area contributed by atoms with Crippen LogP contribution in [0.25, 0.3) is 0 Å². The van der Waals surface area contributed by atoms with Gasteiger partial charge in [-0.25, -0.2) is 8.42 Å². The maximum atomic E-state index is 13.3. The van der Waals surface area contributed by atoms with Crippen LogP contribution < -0.4 is 9.62 Å². The van der Waals surface area contributed by atoms with Crippen molar-refractivity contribution in [2.24, 2.45) is 0 Å². The Labute approximate surface area is 224 Å². The Morgan fingerprint density at radius 3 is 2.22 bits per heavy atom. The molecule has 198 valence electrons. The van der Waals surface area contributed by atoms with Crippen molar-refractivity contribution in [2.75, 3.05) is 17.1 Å². The van der Waals surface area contributed by atoms with E-state index in [1.807, 2.05) is 52.0 Å². The molecule has 0 heterocycles. The van der Waals surface area contributed by atoms with Crippen LogP contribution in [0.4, 0.5) is 5.69 Å². The van der Waals surface area contributed by atoms with Crippen LogP contribution in [-0.4, -0.2) is 49.5 Å². The van der Waals surface area contributed by atoms with Gasteiger partial charge in [0.05, 0.1) is 17.0 Å². The number of nitrogens with zero attached hydrogens (tertiary/aromatic N) is 2. The maximum Gasteiger partial charge on any atom is 0.242 e. The molecule has 0 aliphatic heterocycles. The number of hydrogen-bond acceptors (Lipinski definition) is 4. The fraction of sp³-hybridized carbons (Fsp3) is 0.462. The summed E-state index contributed by atoms with van der Waals surface area (Å²) in [6, 6.07) is 11.6. The number of benzene rings is 2. The third kappa shape index (κ3) is 8.98. The highest BCUT2D eigenvalue weighted by Gasteiger charge is 2.29. The number of rotatable bonds is 10. The lowest BCUT2D eigenvalue weighted by Gasteiger charge is -2.32. The van der Waals surface area contributed by atoms with E-state index in [2.05, 4.69) is 5.32 Å². The molecule has 0 saturated carbocycles. The molecule has 2 rings (SSSR count). The van der Waals surface area contributed by atoms with Gasteiger partial charge in [0, 0.05) is 30.1 Å². The molecule has 2 aromatic rings. The minimum Gasteiger partial charge on any atom is -0.350 e. The first kappa shape index (κ1) is 29.9. The second-order valence-corrected chi connectivity index (χ2v) is 12.7. The molecule has 0 unspecified atom stereocenters. The number of hydrogen-bond donors (Lipinski definition) is 1. The predicted octanol–water partition coefficient (Wildman–Crippen LogP) is 5.18. The third-order valence-corrected chi connectivity index (χ3v) is 7.20. The number of nitrogens with one attached hydrogen (secondary N) is 1. The quantitative estimate of drug-likeness (QED) is 0.437. The normalized spacial score (nSPS) is 12.7. The monoisotopic (exact) mass is 555 g/mol. The van der Waals surface area contributed by atoms with Crippen molar-refractivity contribution in [3.63, 3.8) is 0 Å². The van der Waals surface area contributed by atoms with Gasteiger partial charge in [-0.3, -0.25) is 13.9 Å². The summed E-state index contributed by atoms with van der Waals surface area (Å²) in [4.78, 5) is 27.8. The van der Waals surface area contributed by atoms with Crippen molar-refractivity contribution >= 4 is 50.7 Å². The van der Waals surface area contributed by atoms with Crippen molar-refractivity contribution < 1.29 is 18.0 Å². The number of aryl methyl sites for hydroxylation is 1. The van der Waals surface area contributed by atoms with E-state index in [1.165, 1.54) is 17.0 Å². The minimum absolute atomic E-state index is 0.0333. The number of sulfonamides is 1. The molecule has 0 radical (unpaired) electrons. The second kappa shape index (κ2) is 12.3. The molecule has 2 aromatic carbocycles. The van der Waals surface area contributed by atoms with E-state index in [-0.39, 0.29) is 48.5 Å². The lowest BCUT2D eigenvalue weighted by atomic mass is 10.1. The van der Waals surface area contributed by atoms with E-state index in [0.717, 1.165) is 21.7 Å². The fourth-order valence-corrected chi connectivity index (χ4v) is 5.01. The van der Waals surface area contributed by atoms with E-state index in [9.17, 15) is 18.0 Å². The standard InChI is InChI=1S/C26H35Cl2N3O4S/c1-18-9-11-20(12-10-18)17-30(19(2)25(33)29-26(3,4)5)24(32)8-7-15-31(36(6,34)35)23-16-21(27)13-14-22(23)28/h9-14,16,19H,7-8,15,17H2,1-6H3,(H,29,33)/t19-/m0/s1. The van der Waals surface area contributed by atoms with Crippen LogP contribution in [0.2, 0.25) is 10.0 Å². The Morgan fingerprint density at radius 2 is 1.67 bits per heavy atom. The third-order valence-electron chi connectivity index (χ3n) is 5.47. The SMILES string of the molecule is Cc1ccc(CN(C(=O)CCCN(c2cc(Cl)ccc2Cl)S(C)(=O)=O)[C@@H](C)C(=O)NC(C)(C)C)cc1. The maximum absolute atomic E-state index is 13.3. The van der Waals surface area contributed by atoms with Gasteiger partial charge in [-0.1, -0.05) is 53.0 Å². The van der Waals surface area contributed by atoms with Gasteiger partial charge < -0.3 is 10.2 Å². The highest BCUT2D eigenvalue weighted by molar-refractivity contribution is 7.92. The Kier molecular flexibility index (Phi) is 10.2. The average Bonchev–Trinajstić information content (AvgIpc) is 2.75. The van der Waals surface area contributed by atoms with Crippen LogP contribution in [-0.2, 0) is 26.2 Å². The highest BCUT2D eigenvalue weighted by Crippen LogP contribution is 2.31. The first-order chi connectivity index (χ1) is 16.6. The lowest BCUT2D eigenvalue weighted by molar-refractivity contribution is -0.141. The lowest BCUT2D eigenvalue weighted by Crippen LogP contribution is -2.52. The number of halogens is 2. The Bertz CT molecular complexity index is 1180. The van der Waals surface area contributed by atoms with E-state index in [4.69, 9.17) is 23.2 Å². The largest absolute Gasteiger partial charge is 0.350 e. The summed E-state index contributed by atoms with van der Waals surface area (Å²) in [6.07, 6.45) is 1.35. The van der Waals surface area contributed by atoms with Crippen LogP contribution in [0.5, 0.6) is 0 Å². The minimum atomic E-state index is -3.68. The van der Waals surface area contributed by atoms with Gasteiger partial charge in [-0.15, -0.1) is 0 Å². The van der Waals surface area contributed by atoms with Crippen molar-refractivity contribution in [3.8, 4) is 0 Å². The van der Waals surface area contributed by atoms with E-state index in [0.29, 0.717) is 5.02 Å². The molecule has 0 aliphatic carbocycles. The van der Waals surface area contributed by atoms with Crippen LogP contribution in [0.1, 0.15) is 51.7 Å². The molecule has 0 bridgehead atoms. The molecule has 0 spiro atoms. The van der Waals surface area contributed by atoms with E-state index in [1.54, 1.807) is 13.0 Å². The molecule has 0 fully saturated rings. The molecule has 2 amide bonds. The Hall–Kier alpha value is -2.29. The topological polar surface area (TPSA) is 86.8 Å². The predicted molar refractivity (Wildman–Crippen MR) is 147 cm³/mol. The van der Waals surface area contributed by atoms with Gasteiger partial charge in [0.25, 0.3) is 0 Å². The first-order valence-corrected chi connectivity index (χ1v) is 14.3. The molecule has 7 nitrogen and oxygen atoms in total. The molecule has 0 aromatic heterocycles. The van der Waals surface area contributed by atoms with Gasteiger partial charge in [-0.2, -0.15) is 0 Å². The van der Waals surface area contributed by atoms with Crippen LogP contribution >= 0.6 is 23.2 Å². The Balaban J connectivity index is 2.22. The van der Waals surface area contributed by atoms with Crippen molar-refractivity contribution in [1.29, 1.82) is 0 Å². The zero-order chi connectivity index (χ0) is 27.3. The molecule has 1 N–H and O–H groups in total. The van der Waals surface area contributed by atoms with Crippen molar-refractivity contribution in [3.05, 3.63) is 63.6 Å². The molecule has 0 saturated heterocycles. The molecular weight excluding hydrogens is 521 g/mol. The number of amides is 2. The van der Waals surface area contributed by atoms with Crippen LogP contribution in [0.3, 0.4) is 0 Å². The van der Waals surface area contributed by atoms with Gasteiger partial charge in [0.15, 0.2) is 0 Å². The van der Waals surface area contributed by atoms with Crippen LogP contribution in [0, 0.1) is 6.92 Å². The molecule has 0 aliphatic rings. The highest BCUT2D eigenvalue weighted by atomic mass is 35.5. The first-order valence-electron chi connectivity index (χ1n) is 11.7. The van der Waals surface area contributed by atoms with Crippen LogP contribution in [0.15, 0.2) is 42.5 Å². The summed E-state index contributed by atoms with van der Waals surface area (Å²) in [6.45, 7) is 9.60. The van der Waals surface area contributed by atoms with Crippen molar-refractivity contribution in [2.45, 2.75) is 65.6 Å². The Morgan fingerprint density at radius 1 is 1.06 bits per heavy atom. The van der Waals surface area contributed by atoms with Gasteiger partial charge in [-0.05, 0) is 64.8 Å². The molecule has 10 heteroatoms. The summed E-state index contributed by atoms with van der Waals surface area (Å²) in [5.74, 6) is -0.510. The number of anilines is 1. The fourth-order valence-electron chi connectivity index (χ4n) is 3.61. The summed E-state index contributed by atoms with van der Waals surface area (Å²) in [5, 5.41) is 3.52. The van der Waals surface area contributed by atoms with Gasteiger partial charge >= 0.3 is 0 Å². The molecule has 36 heavy (non-hydrogen) atoms. The summed E-state index contributed by atoms with van der Waals surface area (Å²) in [7, 11) is -3.68. The van der Waals surface area contributed by atoms with E-state index >= 15 is 0 Å². The second-order valence-electron chi connectivity index (χ2n) is 9.96. The smallest absolute Gasteiger partial charge is 0.242 e. The summed E-state index contributed by atoms with van der Waals surface area (Å²) >= 11 is 12.3. The van der Waals surface area contributed by atoms with Gasteiger partial charge in [0.2, 0.25) is 21.8 Å². The molecular formula is C26H35Cl2N3O4S. The zero-order valence-electron chi connectivity index (χ0n) is 21.6. The number of carbonyl (C=O) groups excluding carboxylic acids is 2. The average molecular weight is 557 g/mol. The summed E-state index contributed by atoms with van der Waals surface area (Å²) in [5.41, 5.74) is 1.80. The van der Waals surface area contributed by atoms with Crippen molar-refractivity contribution in [1.82, 2.24) is 10.2 Å². The van der Waals surface area contributed by atoms with Gasteiger partial charge in [0.1, 0.15) is 6.04 Å². The number of carbonyl (C=O) groups is 2. The van der Waals surface area contributed by atoms with E-state index < -0.39 is 21.6 Å². The summed E-state index contributed by atoms with van der Waals surface area (Å²) < 4.78 is 26.1. The molecule has 1 atom stereocenters.